The number of ether oxygens (including phenoxy) is 2. The molecule has 1 saturated heterocycles. The zero-order valence-corrected chi connectivity index (χ0v) is 20.0. The van der Waals surface area contributed by atoms with Crippen molar-refractivity contribution < 1.29 is 18.7 Å². The second kappa shape index (κ2) is 9.86. The van der Waals surface area contributed by atoms with Crippen LogP contribution in [0.2, 0.25) is 0 Å². The number of benzene rings is 3. The van der Waals surface area contributed by atoms with Gasteiger partial charge in [0, 0.05) is 37.9 Å². The number of hydrogen-bond donors (Lipinski definition) is 1. The smallest absolute Gasteiger partial charge is 0.225 e. The second-order valence-corrected chi connectivity index (χ2v) is 9.03. The maximum absolute atomic E-state index is 13.5. The van der Waals surface area contributed by atoms with Gasteiger partial charge in [-0.25, -0.2) is 4.39 Å². The Morgan fingerprint density at radius 2 is 1.80 bits per heavy atom. The van der Waals surface area contributed by atoms with Gasteiger partial charge in [0.1, 0.15) is 17.3 Å². The molecule has 1 N–H and O–H groups in total. The number of para-hydroxylation sites is 2. The summed E-state index contributed by atoms with van der Waals surface area (Å²) in [5.41, 5.74) is 4.19. The van der Waals surface area contributed by atoms with Gasteiger partial charge in [-0.2, -0.15) is 0 Å². The van der Waals surface area contributed by atoms with E-state index in [1.54, 1.807) is 26.4 Å². The van der Waals surface area contributed by atoms with Crippen LogP contribution in [0.3, 0.4) is 0 Å². The zero-order valence-electron chi connectivity index (χ0n) is 20.0. The Balaban J connectivity index is 1.42. The van der Waals surface area contributed by atoms with Crippen molar-refractivity contribution in [1.29, 1.82) is 0 Å². The van der Waals surface area contributed by atoms with Crippen LogP contribution in [-0.2, 0) is 17.8 Å². The molecule has 1 fully saturated rings. The van der Waals surface area contributed by atoms with Crippen LogP contribution < -0.4 is 24.6 Å². The summed E-state index contributed by atoms with van der Waals surface area (Å²) in [6.07, 6.45) is 0.648. The first-order chi connectivity index (χ1) is 17.1. The molecule has 0 aliphatic carbocycles. The number of nitrogens with zero attached hydrogens (tertiary/aromatic N) is 2. The number of carbonyl (C=O) groups is 1. The van der Waals surface area contributed by atoms with Crippen LogP contribution in [0.25, 0.3) is 0 Å². The van der Waals surface area contributed by atoms with Gasteiger partial charge >= 0.3 is 0 Å². The Labute approximate surface area is 205 Å². The number of amides is 1. The summed E-state index contributed by atoms with van der Waals surface area (Å²) in [7, 11) is 3.36. The van der Waals surface area contributed by atoms with Crippen LogP contribution in [-0.4, -0.2) is 45.8 Å². The number of fused-ring (bicyclic) bond motifs is 3. The van der Waals surface area contributed by atoms with Crippen molar-refractivity contribution in [3.8, 4) is 11.5 Å². The lowest BCUT2D eigenvalue weighted by Crippen LogP contribution is -2.61. The average molecular weight is 476 g/mol. The SMILES string of the molecule is COc1ccc2c(c1)N1CCN(c3ccccc3OC)C[C@H]1[C@@H](C(=O)NCc1ccc(F)cc1)C2. The van der Waals surface area contributed by atoms with E-state index in [0.29, 0.717) is 19.5 Å². The number of rotatable bonds is 6. The lowest BCUT2D eigenvalue weighted by atomic mass is 9.83. The highest BCUT2D eigenvalue weighted by Gasteiger charge is 2.42. The molecule has 7 heteroatoms. The highest BCUT2D eigenvalue weighted by molar-refractivity contribution is 5.82. The van der Waals surface area contributed by atoms with Gasteiger partial charge in [-0.05, 0) is 47.9 Å². The Bertz CT molecular complexity index is 1200. The standard InChI is InChI=1S/C28H30FN3O3/c1-34-22-12-9-20-15-23(28(33)30-17-19-7-10-21(29)11-8-19)26-18-31(13-14-32(26)25(20)16-22)24-5-3-4-6-27(24)35-2/h3-12,16,23,26H,13-15,17-18H2,1-2H3,(H,30,33)/t23-,26-/m0/s1. The quantitative estimate of drug-likeness (QED) is 0.584. The molecule has 2 aliphatic heterocycles. The molecule has 2 atom stereocenters. The summed E-state index contributed by atoms with van der Waals surface area (Å²) in [4.78, 5) is 18.2. The van der Waals surface area contributed by atoms with Gasteiger partial charge < -0.3 is 24.6 Å². The van der Waals surface area contributed by atoms with E-state index in [1.165, 1.54) is 12.1 Å². The van der Waals surface area contributed by atoms with Gasteiger partial charge in [0.25, 0.3) is 0 Å². The van der Waals surface area contributed by atoms with E-state index in [1.807, 2.05) is 24.3 Å². The highest BCUT2D eigenvalue weighted by atomic mass is 19.1. The molecule has 3 aromatic carbocycles. The first-order valence-electron chi connectivity index (χ1n) is 11.9. The molecule has 2 aliphatic rings. The normalized spacial score (nSPS) is 18.9. The Morgan fingerprint density at radius 1 is 1.00 bits per heavy atom. The molecule has 0 saturated carbocycles. The largest absolute Gasteiger partial charge is 0.497 e. The molecule has 0 spiro atoms. The first kappa shape index (κ1) is 23.0. The van der Waals surface area contributed by atoms with E-state index in [-0.39, 0.29) is 23.7 Å². The minimum Gasteiger partial charge on any atom is -0.497 e. The lowest BCUT2D eigenvalue weighted by Gasteiger charge is -2.49. The van der Waals surface area contributed by atoms with Crippen LogP contribution in [0.4, 0.5) is 15.8 Å². The number of anilines is 2. The molecule has 1 amide bonds. The van der Waals surface area contributed by atoms with Crippen LogP contribution in [0.5, 0.6) is 11.5 Å². The van der Waals surface area contributed by atoms with Gasteiger partial charge in [0.15, 0.2) is 0 Å². The van der Waals surface area contributed by atoms with Crippen LogP contribution in [0.15, 0.2) is 66.7 Å². The molecule has 0 bridgehead atoms. The summed E-state index contributed by atoms with van der Waals surface area (Å²) in [6.45, 7) is 2.67. The third-order valence-electron chi connectivity index (χ3n) is 7.07. The number of hydrogen-bond acceptors (Lipinski definition) is 5. The summed E-state index contributed by atoms with van der Waals surface area (Å²) < 4.78 is 24.4. The fraction of sp³-hybridized carbons (Fsp3) is 0.321. The van der Waals surface area contributed by atoms with Gasteiger partial charge in [-0.1, -0.05) is 30.3 Å². The van der Waals surface area contributed by atoms with Gasteiger partial charge in [0.05, 0.1) is 31.9 Å². The van der Waals surface area contributed by atoms with Crippen molar-refractivity contribution in [2.24, 2.45) is 5.92 Å². The lowest BCUT2D eigenvalue weighted by molar-refractivity contribution is -0.126. The highest BCUT2D eigenvalue weighted by Crippen LogP contribution is 2.40. The third kappa shape index (κ3) is 4.63. The van der Waals surface area contributed by atoms with Gasteiger partial charge in [-0.15, -0.1) is 0 Å². The average Bonchev–Trinajstić information content (AvgIpc) is 2.91. The molecule has 182 valence electrons. The summed E-state index contributed by atoms with van der Waals surface area (Å²) in [5.74, 6) is 1.14. The van der Waals surface area contributed by atoms with Crippen molar-refractivity contribution in [2.75, 3.05) is 43.7 Å². The predicted octanol–water partition coefficient (Wildman–Crippen LogP) is 4.03. The monoisotopic (exact) mass is 475 g/mol. The number of halogens is 1. The molecule has 2 heterocycles. The predicted molar refractivity (Wildman–Crippen MR) is 135 cm³/mol. The van der Waals surface area contributed by atoms with Crippen molar-refractivity contribution in [1.82, 2.24) is 5.32 Å². The van der Waals surface area contributed by atoms with E-state index in [0.717, 1.165) is 47.1 Å². The molecular weight excluding hydrogens is 445 g/mol. The molecule has 0 unspecified atom stereocenters. The van der Waals surface area contributed by atoms with E-state index in [2.05, 4.69) is 33.3 Å². The minimum absolute atomic E-state index is 0.00710. The number of piperazine rings is 1. The third-order valence-corrected chi connectivity index (χ3v) is 7.07. The van der Waals surface area contributed by atoms with Crippen molar-refractivity contribution in [2.45, 2.75) is 19.0 Å². The second-order valence-electron chi connectivity index (χ2n) is 9.03. The maximum atomic E-state index is 13.5. The molecule has 35 heavy (non-hydrogen) atoms. The molecule has 0 radical (unpaired) electrons. The number of nitrogens with one attached hydrogen (secondary N) is 1. The zero-order chi connectivity index (χ0) is 24.4. The van der Waals surface area contributed by atoms with Gasteiger partial charge in [0.2, 0.25) is 5.91 Å². The Kier molecular flexibility index (Phi) is 6.49. The van der Waals surface area contributed by atoms with Crippen LogP contribution >= 0.6 is 0 Å². The van der Waals surface area contributed by atoms with Crippen molar-refractivity contribution >= 4 is 17.3 Å². The first-order valence-corrected chi connectivity index (χ1v) is 11.9. The van der Waals surface area contributed by atoms with Crippen molar-refractivity contribution in [3.05, 3.63) is 83.7 Å². The fourth-order valence-corrected chi connectivity index (χ4v) is 5.24. The number of carbonyl (C=O) groups excluding carboxylic acids is 1. The van der Waals surface area contributed by atoms with Crippen LogP contribution in [0, 0.1) is 11.7 Å². The Morgan fingerprint density at radius 3 is 2.57 bits per heavy atom. The minimum atomic E-state index is -0.284. The number of methoxy groups -OCH3 is 2. The molecule has 3 aromatic rings. The maximum Gasteiger partial charge on any atom is 0.225 e. The van der Waals surface area contributed by atoms with Gasteiger partial charge in [-0.3, -0.25) is 4.79 Å². The van der Waals surface area contributed by atoms with E-state index in [4.69, 9.17) is 9.47 Å². The topological polar surface area (TPSA) is 54.0 Å². The molecule has 0 aromatic heterocycles. The fourth-order valence-electron chi connectivity index (χ4n) is 5.24. The molecular formula is C28H30FN3O3. The molecule has 5 rings (SSSR count). The summed E-state index contributed by atoms with van der Waals surface area (Å²) in [5, 5.41) is 3.10. The van der Waals surface area contributed by atoms with Crippen molar-refractivity contribution in [3.63, 3.8) is 0 Å². The van der Waals surface area contributed by atoms with E-state index < -0.39 is 0 Å². The Hall–Kier alpha value is -3.74. The van der Waals surface area contributed by atoms with E-state index >= 15 is 0 Å². The molecule has 6 nitrogen and oxygen atoms in total. The summed E-state index contributed by atoms with van der Waals surface area (Å²) in [6, 6.07) is 20.3. The van der Waals surface area contributed by atoms with Crippen LogP contribution in [0.1, 0.15) is 11.1 Å². The summed E-state index contributed by atoms with van der Waals surface area (Å²) >= 11 is 0. The van der Waals surface area contributed by atoms with E-state index in [9.17, 15) is 9.18 Å².